The molecule has 1 fully saturated rings. The molecule has 2 aliphatic rings. The van der Waals surface area contributed by atoms with E-state index in [4.69, 9.17) is 9.47 Å². The fourth-order valence-corrected chi connectivity index (χ4v) is 4.94. The number of aromatic nitrogens is 2. The second kappa shape index (κ2) is 9.93. The number of carbonyl (C=O) groups is 3. The summed E-state index contributed by atoms with van der Waals surface area (Å²) in [5.74, 6) is -1.39. The van der Waals surface area contributed by atoms with E-state index in [2.05, 4.69) is 4.98 Å². The number of likely N-dealkylation sites (tertiary alicyclic amines) is 1. The zero-order valence-electron chi connectivity index (χ0n) is 20.6. The molecule has 9 nitrogen and oxygen atoms in total. The highest BCUT2D eigenvalue weighted by Crippen LogP contribution is 2.40. The van der Waals surface area contributed by atoms with Gasteiger partial charge in [0, 0.05) is 37.5 Å². The molecule has 9 heteroatoms. The molecule has 5 rings (SSSR count). The number of hydrogen-bond donors (Lipinski definition) is 1. The molecular formula is C28H27N3O6. The van der Waals surface area contributed by atoms with Crippen LogP contribution < -0.4 is 4.74 Å². The van der Waals surface area contributed by atoms with Gasteiger partial charge in [0.15, 0.2) is 0 Å². The van der Waals surface area contributed by atoms with Gasteiger partial charge in [0.1, 0.15) is 17.6 Å². The van der Waals surface area contributed by atoms with Crippen molar-refractivity contribution in [2.45, 2.75) is 38.5 Å². The number of carbonyl (C=O) groups excluding carboxylic acids is 3. The number of aliphatic hydroxyl groups is 1. The zero-order chi connectivity index (χ0) is 26.1. The molecule has 3 aromatic rings. The van der Waals surface area contributed by atoms with Crippen molar-refractivity contribution in [1.82, 2.24) is 14.5 Å². The molecule has 0 spiro atoms. The number of benzene rings is 2. The average Bonchev–Trinajstić information content (AvgIpc) is 3.62. The maximum atomic E-state index is 13.3. The number of nitrogens with zero attached hydrogens (tertiary/aromatic N) is 3. The normalized spacial score (nSPS) is 20.1. The van der Waals surface area contributed by atoms with Gasteiger partial charge in [0.25, 0.3) is 11.7 Å². The first-order chi connectivity index (χ1) is 17.9. The molecule has 1 aromatic heterocycles. The number of hydrogen-bond acceptors (Lipinski definition) is 7. The Balaban J connectivity index is 1.53. The van der Waals surface area contributed by atoms with Crippen LogP contribution in [0.2, 0.25) is 0 Å². The van der Waals surface area contributed by atoms with E-state index in [9.17, 15) is 19.5 Å². The predicted octanol–water partition coefficient (Wildman–Crippen LogP) is 3.51. The molecule has 0 aliphatic carbocycles. The third kappa shape index (κ3) is 4.60. The number of aryl methyl sites for hydroxylation is 1. The van der Waals surface area contributed by atoms with E-state index in [-0.39, 0.29) is 17.4 Å². The number of esters is 1. The second-order valence-electron chi connectivity index (χ2n) is 9.22. The number of fused-ring (bicyclic) bond motifs is 1. The highest BCUT2D eigenvalue weighted by Gasteiger charge is 2.46. The van der Waals surface area contributed by atoms with Crippen molar-refractivity contribution in [3.63, 3.8) is 0 Å². The first kappa shape index (κ1) is 24.3. The largest absolute Gasteiger partial charge is 0.507 e. The van der Waals surface area contributed by atoms with E-state index < -0.39 is 23.7 Å². The van der Waals surface area contributed by atoms with Gasteiger partial charge >= 0.3 is 5.97 Å². The Morgan fingerprint density at radius 1 is 1.14 bits per heavy atom. The van der Waals surface area contributed by atoms with Crippen LogP contribution in [-0.4, -0.2) is 57.0 Å². The van der Waals surface area contributed by atoms with Crippen LogP contribution in [0.1, 0.15) is 46.4 Å². The number of ketones is 1. The lowest BCUT2D eigenvalue weighted by molar-refractivity contribution is -0.139. The van der Waals surface area contributed by atoms with E-state index in [1.165, 1.54) is 12.0 Å². The lowest BCUT2D eigenvalue weighted by atomic mass is 9.94. The van der Waals surface area contributed by atoms with Gasteiger partial charge in [-0.1, -0.05) is 12.1 Å². The Hall–Kier alpha value is -4.40. The van der Waals surface area contributed by atoms with E-state index in [1.54, 1.807) is 55.0 Å². The minimum atomic E-state index is -0.807. The number of ether oxygens (including phenoxy) is 2. The molecule has 2 aliphatic heterocycles. The summed E-state index contributed by atoms with van der Waals surface area (Å²) in [6, 6.07) is 11.0. The molecule has 0 radical (unpaired) electrons. The summed E-state index contributed by atoms with van der Waals surface area (Å²) in [6.07, 6.45) is 6.50. The molecule has 0 saturated carbocycles. The van der Waals surface area contributed by atoms with E-state index in [1.807, 2.05) is 17.7 Å². The Labute approximate surface area is 213 Å². The number of Topliss-reactive ketones (excluding diaryl/α,β-unsaturated/α-hetero) is 1. The number of rotatable bonds is 7. The molecule has 1 saturated heterocycles. The Kier molecular flexibility index (Phi) is 6.52. The molecule has 2 aromatic carbocycles. The molecule has 3 heterocycles. The van der Waals surface area contributed by atoms with Gasteiger partial charge in [-0.05, 0) is 54.8 Å². The molecule has 0 unspecified atom stereocenters. The molecule has 190 valence electrons. The standard InChI is InChI=1S/C28H27N3O6/c1-17-14-21-15-20(8-9-22(21)37-17)25(32)23-24(18-4-6-19(7-5-18)28(35)36-2)31(27(34)26(23)33)12-3-11-30-13-10-29-16-30/h4-10,13,15-17,24,32H,3,11-12,14H2,1-2H3/t17-,24-/m1/s1. The highest BCUT2D eigenvalue weighted by atomic mass is 16.5. The number of imidazole rings is 1. The molecule has 2 atom stereocenters. The topological polar surface area (TPSA) is 111 Å². The fraction of sp³-hybridized carbons (Fsp3) is 0.286. The monoisotopic (exact) mass is 501 g/mol. The number of aliphatic hydroxyl groups excluding tert-OH is 1. The zero-order valence-corrected chi connectivity index (χ0v) is 20.6. The van der Waals surface area contributed by atoms with Gasteiger partial charge in [-0.15, -0.1) is 0 Å². The van der Waals surface area contributed by atoms with Crippen LogP contribution >= 0.6 is 0 Å². The first-order valence-electron chi connectivity index (χ1n) is 12.1. The van der Waals surface area contributed by atoms with Crippen LogP contribution in [0, 0.1) is 0 Å². The van der Waals surface area contributed by atoms with Crippen LogP contribution in [0.25, 0.3) is 5.76 Å². The minimum absolute atomic E-state index is 0.0189. The van der Waals surface area contributed by atoms with Gasteiger partial charge in [-0.3, -0.25) is 9.59 Å². The van der Waals surface area contributed by atoms with E-state index >= 15 is 0 Å². The van der Waals surface area contributed by atoms with Crippen molar-refractivity contribution < 1.29 is 29.0 Å². The quantitative estimate of drug-likeness (QED) is 0.228. The van der Waals surface area contributed by atoms with E-state index in [0.717, 1.165) is 11.3 Å². The summed E-state index contributed by atoms with van der Waals surface area (Å²) in [5, 5.41) is 11.4. The van der Waals surface area contributed by atoms with Crippen LogP contribution in [0.3, 0.4) is 0 Å². The van der Waals surface area contributed by atoms with Crippen molar-refractivity contribution >= 4 is 23.4 Å². The summed E-state index contributed by atoms with van der Waals surface area (Å²) in [7, 11) is 1.30. The number of methoxy groups -OCH3 is 1. The fourth-order valence-electron chi connectivity index (χ4n) is 4.94. The van der Waals surface area contributed by atoms with Crippen molar-refractivity contribution in [1.29, 1.82) is 0 Å². The SMILES string of the molecule is COC(=O)c1ccc([C@@H]2C(=C(O)c3ccc4c(c3)C[C@@H](C)O4)C(=O)C(=O)N2CCCn2ccnc2)cc1. The molecule has 37 heavy (non-hydrogen) atoms. The summed E-state index contributed by atoms with van der Waals surface area (Å²) in [4.78, 5) is 43.9. The minimum Gasteiger partial charge on any atom is -0.507 e. The molecule has 1 N–H and O–H groups in total. The van der Waals surface area contributed by atoms with Crippen LogP contribution in [0.4, 0.5) is 0 Å². The van der Waals surface area contributed by atoms with Crippen molar-refractivity contribution in [2.75, 3.05) is 13.7 Å². The second-order valence-corrected chi connectivity index (χ2v) is 9.22. The highest BCUT2D eigenvalue weighted by molar-refractivity contribution is 6.46. The Morgan fingerprint density at radius 2 is 1.89 bits per heavy atom. The Morgan fingerprint density at radius 3 is 2.59 bits per heavy atom. The van der Waals surface area contributed by atoms with Crippen LogP contribution in [0.5, 0.6) is 5.75 Å². The summed E-state index contributed by atoms with van der Waals surface area (Å²) >= 11 is 0. The van der Waals surface area contributed by atoms with Gasteiger partial charge in [0.2, 0.25) is 0 Å². The summed E-state index contributed by atoms with van der Waals surface area (Å²) in [5.41, 5.74) is 2.35. The van der Waals surface area contributed by atoms with Gasteiger partial charge in [-0.2, -0.15) is 0 Å². The summed E-state index contributed by atoms with van der Waals surface area (Å²) < 4.78 is 12.4. The molecule has 0 bridgehead atoms. The maximum Gasteiger partial charge on any atom is 0.337 e. The number of amides is 1. The molecule has 1 amide bonds. The van der Waals surface area contributed by atoms with Crippen molar-refractivity contribution in [3.8, 4) is 5.75 Å². The van der Waals surface area contributed by atoms with Crippen LogP contribution in [-0.2, 0) is 27.3 Å². The van der Waals surface area contributed by atoms with Crippen molar-refractivity contribution in [3.05, 3.63) is 89.0 Å². The van der Waals surface area contributed by atoms with Crippen molar-refractivity contribution in [2.24, 2.45) is 0 Å². The average molecular weight is 502 g/mol. The van der Waals surface area contributed by atoms with Gasteiger partial charge < -0.3 is 24.0 Å². The third-order valence-corrected chi connectivity index (χ3v) is 6.73. The van der Waals surface area contributed by atoms with Gasteiger partial charge in [0.05, 0.1) is 30.6 Å². The summed E-state index contributed by atoms with van der Waals surface area (Å²) in [6.45, 7) is 2.87. The van der Waals surface area contributed by atoms with Crippen LogP contribution in [0.15, 0.2) is 66.8 Å². The lowest BCUT2D eigenvalue weighted by Gasteiger charge is -2.25. The van der Waals surface area contributed by atoms with E-state index in [0.29, 0.717) is 42.6 Å². The smallest absolute Gasteiger partial charge is 0.337 e. The third-order valence-electron chi connectivity index (χ3n) is 6.73. The lowest BCUT2D eigenvalue weighted by Crippen LogP contribution is -2.31. The van der Waals surface area contributed by atoms with Gasteiger partial charge in [-0.25, -0.2) is 9.78 Å². The Bertz CT molecular complexity index is 1380. The maximum absolute atomic E-state index is 13.3. The first-order valence-corrected chi connectivity index (χ1v) is 12.1. The predicted molar refractivity (Wildman–Crippen MR) is 134 cm³/mol. The molecular weight excluding hydrogens is 474 g/mol.